The SMILES string of the molecule is CCN1CCN(S(=O)(=O)c2cc(Br)c(C)cc2OC)CC1. The molecule has 0 unspecified atom stereocenters. The Kier molecular flexibility index (Phi) is 5.29. The van der Waals surface area contributed by atoms with Gasteiger partial charge in [-0.1, -0.05) is 22.9 Å². The molecule has 1 heterocycles. The molecule has 0 atom stereocenters. The van der Waals surface area contributed by atoms with Gasteiger partial charge in [-0.25, -0.2) is 8.42 Å². The number of methoxy groups -OCH3 is 1. The van der Waals surface area contributed by atoms with E-state index in [1.807, 2.05) is 6.92 Å². The van der Waals surface area contributed by atoms with Crippen molar-refractivity contribution >= 4 is 26.0 Å². The molecule has 0 spiro atoms. The summed E-state index contributed by atoms with van der Waals surface area (Å²) in [4.78, 5) is 2.47. The molecule has 2 rings (SSSR count). The number of halogens is 1. The Morgan fingerprint density at radius 1 is 1.24 bits per heavy atom. The van der Waals surface area contributed by atoms with Crippen molar-refractivity contribution in [2.24, 2.45) is 0 Å². The normalized spacial score (nSPS) is 17.9. The summed E-state index contributed by atoms with van der Waals surface area (Å²) in [6.07, 6.45) is 0. The maximum atomic E-state index is 12.8. The van der Waals surface area contributed by atoms with E-state index in [1.54, 1.807) is 16.4 Å². The first-order valence-electron chi connectivity index (χ1n) is 6.96. The predicted molar refractivity (Wildman–Crippen MR) is 86.3 cm³/mol. The zero-order valence-corrected chi connectivity index (χ0v) is 15.0. The predicted octanol–water partition coefficient (Wildman–Crippen LogP) is 2.09. The topological polar surface area (TPSA) is 49.9 Å². The van der Waals surface area contributed by atoms with Gasteiger partial charge in [0, 0.05) is 30.7 Å². The Morgan fingerprint density at radius 3 is 2.38 bits per heavy atom. The van der Waals surface area contributed by atoms with Gasteiger partial charge in [-0.05, 0) is 31.2 Å². The number of ether oxygens (including phenoxy) is 1. The highest BCUT2D eigenvalue weighted by Gasteiger charge is 2.30. The Morgan fingerprint density at radius 2 is 1.86 bits per heavy atom. The molecule has 1 aliphatic heterocycles. The van der Waals surface area contributed by atoms with Gasteiger partial charge < -0.3 is 9.64 Å². The highest BCUT2D eigenvalue weighted by molar-refractivity contribution is 9.10. The summed E-state index contributed by atoms with van der Waals surface area (Å²) < 4.78 is 33.2. The highest BCUT2D eigenvalue weighted by atomic mass is 79.9. The number of hydrogen-bond donors (Lipinski definition) is 0. The molecule has 0 aliphatic carbocycles. The first-order chi connectivity index (χ1) is 9.90. The molecule has 7 heteroatoms. The molecule has 5 nitrogen and oxygen atoms in total. The van der Waals surface area contributed by atoms with E-state index in [9.17, 15) is 8.42 Å². The van der Waals surface area contributed by atoms with Crippen LogP contribution in [0.2, 0.25) is 0 Å². The number of sulfonamides is 1. The summed E-state index contributed by atoms with van der Waals surface area (Å²) in [5.41, 5.74) is 0.946. The number of likely N-dealkylation sites (N-methyl/N-ethyl adjacent to an activating group) is 1. The third-order valence-corrected chi connectivity index (χ3v) is 6.62. The van der Waals surface area contributed by atoms with E-state index in [0.29, 0.717) is 18.8 Å². The molecule has 1 fully saturated rings. The molecule has 0 radical (unpaired) electrons. The van der Waals surface area contributed by atoms with Crippen molar-refractivity contribution in [2.75, 3.05) is 39.8 Å². The van der Waals surface area contributed by atoms with Gasteiger partial charge in [-0.15, -0.1) is 0 Å². The molecule has 0 amide bonds. The van der Waals surface area contributed by atoms with Crippen LogP contribution in [0.15, 0.2) is 21.5 Å². The largest absolute Gasteiger partial charge is 0.495 e. The van der Waals surface area contributed by atoms with Crippen LogP contribution in [0.3, 0.4) is 0 Å². The molecular formula is C14H21BrN2O3S. The summed E-state index contributed by atoms with van der Waals surface area (Å²) >= 11 is 3.40. The maximum absolute atomic E-state index is 12.8. The Labute approximate surface area is 135 Å². The number of piperazine rings is 1. The number of nitrogens with zero attached hydrogens (tertiary/aromatic N) is 2. The fourth-order valence-electron chi connectivity index (χ4n) is 2.42. The standard InChI is InChI=1S/C14H21BrN2O3S/c1-4-16-5-7-17(8-6-16)21(18,19)14-10-12(15)11(2)9-13(14)20-3/h9-10H,4-8H2,1-3H3. The van der Waals surface area contributed by atoms with Crippen LogP contribution in [0, 0.1) is 6.92 Å². The Bertz CT molecular complexity index is 611. The lowest BCUT2D eigenvalue weighted by atomic mass is 10.2. The summed E-state index contributed by atoms with van der Waals surface area (Å²) in [6.45, 7) is 7.52. The van der Waals surface area contributed by atoms with Crippen molar-refractivity contribution in [2.45, 2.75) is 18.7 Å². The van der Waals surface area contributed by atoms with E-state index in [-0.39, 0.29) is 4.90 Å². The molecule has 0 N–H and O–H groups in total. The van der Waals surface area contributed by atoms with Gasteiger partial charge in [0.2, 0.25) is 10.0 Å². The minimum atomic E-state index is -3.52. The van der Waals surface area contributed by atoms with Crippen LogP contribution >= 0.6 is 15.9 Å². The summed E-state index contributed by atoms with van der Waals surface area (Å²) in [6, 6.07) is 3.38. The van der Waals surface area contributed by atoms with E-state index in [2.05, 4.69) is 27.8 Å². The fourth-order valence-corrected chi connectivity index (χ4v) is 4.50. The zero-order valence-electron chi connectivity index (χ0n) is 12.6. The lowest BCUT2D eigenvalue weighted by Gasteiger charge is -2.33. The van der Waals surface area contributed by atoms with Crippen molar-refractivity contribution in [3.8, 4) is 5.75 Å². The molecular weight excluding hydrogens is 356 g/mol. The Balaban J connectivity index is 2.34. The zero-order chi connectivity index (χ0) is 15.6. The van der Waals surface area contributed by atoms with Crippen molar-refractivity contribution < 1.29 is 13.2 Å². The van der Waals surface area contributed by atoms with Gasteiger partial charge in [0.15, 0.2) is 0 Å². The third-order valence-electron chi connectivity index (χ3n) is 3.84. The van der Waals surface area contributed by atoms with Crippen molar-refractivity contribution in [1.29, 1.82) is 0 Å². The number of aryl methyl sites for hydroxylation is 1. The lowest BCUT2D eigenvalue weighted by molar-refractivity contribution is 0.196. The average Bonchev–Trinajstić information content (AvgIpc) is 2.49. The number of benzene rings is 1. The molecule has 1 aromatic rings. The number of hydrogen-bond acceptors (Lipinski definition) is 4. The third kappa shape index (κ3) is 3.41. The van der Waals surface area contributed by atoms with Crippen LogP contribution in [0.4, 0.5) is 0 Å². The van der Waals surface area contributed by atoms with E-state index in [4.69, 9.17) is 4.74 Å². The van der Waals surface area contributed by atoms with Crippen LogP contribution in [0.25, 0.3) is 0 Å². The van der Waals surface area contributed by atoms with Crippen molar-refractivity contribution in [3.05, 3.63) is 22.2 Å². The van der Waals surface area contributed by atoms with Gasteiger partial charge in [0.1, 0.15) is 10.6 Å². The molecule has 1 aliphatic rings. The minimum absolute atomic E-state index is 0.229. The monoisotopic (exact) mass is 376 g/mol. The Hall–Kier alpha value is -0.630. The van der Waals surface area contributed by atoms with Gasteiger partial charge in [-0.2, -0.15) is 4.31 Å². The smallest absolute Gasteiger partial charge is 0.246 e. The van der Waals surface area contributed by atoms with Gasteiger partial charge in [-0.3, -0.25) is 0 Å². The first-order valence-corrected chi connectivity index (χ1v) is 9.20. The molecule has 1 saturated heterocycles. The second-order valence-electron chi connectivity index (χ2n) is 5.09. The van der Waals surface area contributed by atoms with Gasteiger partial charge >= 0.3 is 0 Å². The average molecular weight is 377 g/mol. The fraction of sp³-hybridized carbons (Fsp3) is 0.571. The molecule has 0 aromatic heterocycles. The second-order valence-corrected chi connectivity index (χ2v) is 7.85. The summed E-state index contributed by atoms with van der Waals surface area (Å²) in [5, 5.41) is 0. The van der Waals surface area contributed by atoms with Crippen molar-refractivity contribution in [1.82, 2.24) is 9.21 Å². The van der Waals surface area contributed by atoms with E-state index < -0.39 is 10.0 Å². The molecule has 118 valence electrons. The van der Waals surface area contributed by atoms with Crippen LogP contribution < -0.4 is 4.74 Å². The van der Waals surface area contributed by atoms with E-state index in [1.165, 1.54) is 7.11 Å². The van der Waals surface area contributed by atoms with E-state index in [0.717, 1.165) is 29.7 Å². The summed E-state index contributed by atoms with van der Waals surface area (Å²) in [5.74, 6) is 0.397. The van der Waals surface area contributed by atoms with Gasteiger partial charge in [0.05, 0.1) is 7.11 Å². The van der Waals surface area contributed by atoms with Crippen molar-refractivity contribution in [3.63, 3.8) is 0 Å². The van der Waals surface area contributed by atoms with Crippen LogP contribution in [0.1, 0.15) is 12.5 Å². The lowest BCUT2D eigenvalue weighted by Crippen LogP contribution is -2.48. The van der Waals surface area contributed by atoms with E-state index >= 15 is 0 Å². The van der Waals surface area contributed by atoms with Crippen LogP contribution in [0.5, 0.6) is 5.75 Å². The molecule has 21 heavy (non-hydrogen) atoms. The minimum Gasteiger partial charge on any atom is -0.495 e. The number of rotatable bonds is 4. The molecule has 1 aromatic carbocycles. The van der Waals surface area contributed by atoms with Gasteiger partial charge in [0.25, 0.3) is 0 Å². The van der Waals surface area contributed by atoms with Crippen LogP contribution in [-0.2, 0) is 10.0 Å². The molecule has 0 saturated carbocycles. The molecule has 0 bridgehead atoms. The summed E-state index contributed by atoms with van der Waals surface area (Å²) in [7, 11) is -2.03. The maximum Gasteiger partial charge on any atom is 0.246 e. The first kappa shape index (κ1) is 16.7. The quantitative estimate of drug-likeness (QED) is 0.807. The highest BCUT2D eigenvalue weighted by Crippen LogP contribution is 2.32. The second kappa shape index (κ2) is 6.64. The van der Waals surface area contributed by atoms with Crippen LogP contribution in [-0.4, -0.2) is 57.5 Å².